The predicted molar refractivity (Wildman–Crippen MR) is 65.2 cm³/mol. The van der Waals surface area contributed by atoms with Crippen molar-refractivity contribution in [2.75, 3.05) is 13.1 Å². The van der Waals surface area contributed by atoms with E-state index in [2.05, 4.69) is 0 Å². The molecule has 1 aliphatic rings. The molecular weight excluding hydrogens is 296 g/mol. The third-order valence-corrected chi connectivity index (χ3v) is 2.94. The minimum atomic E-state index is -5.06. The molecule has 0 aliphatic carbocycles. The fraction of sp³-hybridized carbons (Fsp3) is 0.833. The highest BCUT2D eigenvalue weighted by Crippen LogP contribution is 2.30. The number of hydrogen-bond acceptors (Lipinski definition) is 3. The average molecular weight is 314 g/mol. The third-order valence-electron chi connectivity index (χ3n) is 2.94. The Balaban J connectivity index is 2.63. The van der Waals surface area contributed by atoms with E-state index in [1.807, 2.05) is 0 Å². The van der Waals surface area contributed by atoms with Gasteiger partial charge in [-0.05, 0) is 33.6 Å². The van der Waals surface area contributed by atoms with E-state index in [4.69, 9.17) is 4.74 Å². The van der Waals surface area contributed by atoms with Crippen LogP contribution in [0.5, 0.6) is 0 Å². The molecular formula is C12H18F4N2O3. The van der Waals surface area contributed by atoms with Crippen molar-refractivity contribution in [2.45, 2.75) is 51.6 Å². The third kappa shape index (κ3) is 5.05. The van der Waals surface area contributed by atoms with Crippen molar-refractivity contribution in [3.05, 3.63) is 0 Å². The standard InChI is InChI=1S/C12H18F4N2O3/c1-11(2,3)21-10(20)17-6-4-8(5-7-17)18(9(13)19)12(14,15)16/h8H,4-7H2,1-3H3. The van der Waals surface area contributed by atoms with Gasteiger partial charge in [-0.3, -0.25) is 0 Å². The first-order valence-electron chi connectivity index (χ1n) is 6.45. The molecule has 1 heterocycles. The van der Waals surface area contributed by atoms with Crippen LogP contribution >= 0.6 is 0 Å². The number of alkyl halides is 3. The van der Waals surface area contributed by atoms with Gasteiger partial charge in [-0.2, -0.15) is 0 Å². The largest absolute Gasteiger partial charge is 0.489 e. The van der Waals surface area contributed by atoms with Crippen molar-refractivity contribution >= 4 is 12.3 Å². The molecule has 2 amide bonds. The highest BCUT2D eigenvalue weighted by atomic mass is 19.4. The van der Waals surface area contributed by atoms with Crippen molar-refractivity contribution in [1.82, 2.24) is 9.80 Å². The summed E-state index contributed by atoms with van der Waals surface area (Å²) in [7, 11) is 0. The van der Waals surface area contributed by atoms with Gasteiger partial charge < -0.3 is 9.64 Å². The van der Waals surface area contributed by atoms with Crippen LogP contribution in [0.25, 0.3) is 0 Å². The van der Waals surface area contributed by atoms with Crippen LogP contribution in [0.15, 0.2) is 0 Å². The molecule has 0 bridgehead atoms. The van der Waals surface area contributed by atoms with Crippen LogP contribution in [0.2, 0.25) is 0 Å². The minimum Gasteiger partial charge on any atom is -0.444 e. The number of carbonyl (C=O) groups is 2. The van der Waals surface area contributed by atoms with Crippen LogP contribution in [0, 0.1) is 0 Å². The molecule has 9 heteroatoms. The maximum atomic E-state index is 12.6. The van der Waals surface area contributed by atoms with Crippen molar-refractivity contribution in [1.29, 1.82) is 0 Å². The van der Waals surface area contributed by atoms with E-state index in [0.29, 0.717) is 0 Å². The number of likely N-dealkylation sites (tertiary alicyclic amines) is 1. The van der Waals surface area contributed by atoms with Gasteiger partial charge in [0.05, 0.1) is 0 Å². The lowest BCUT2D eigenvalue weighted by atomic mass is 10.0. The van der Waals surface area contributed by atoms with Gasteiger partial charge in [0, 0.05) is 19.1 Å². The number of nitrogens with zero attached hydrogens (tertiary/aromatic N) is 2. The lowest BCUT2D eigenvalue weighted by molar-refractivity contribution is -0.240. The zero-order valence-electron chi connectivity index (χ0n) is 12.0. The Kier molecular flexibility index (Phi) is 5.06. The molecule has 1 fully saturated rings. The van der Waals surface area contributed by atoms with Gasteiger partial charge in [0.2, 0.25) is 0 Å². The topological polar surface area (TPSA) is 49.9 Å². The smallest absolute Gasteiger partial charge is 0.444 e. The minimum absolute atomic E-state index is 0.0283. The SMILES string of the molecule is CC(C)(C)OC(=O)N1CCC(N(C(=O)F)C(F)(F)F)CC1. The van der Waals surface area contributed by atoms with Gasteiger partial charge in [-0.15, -0.1) is 17.6 Å². The van der Waals surface area contributed by atoms with Crippen LogP contribution in [0.1, 0.15) is 33.6 Å². The number of halogens is 4. The Morgan fingerprint density at radius 3 is 1.95 bits per heavy atom. The van der Waals surface area contributed by atoms with E-state index in [9.17, 15) is 27.2 Å². The molecule has 0 aromatic rings. The first kappa shape index (κ1) is 17.5. The number of rotatable bonds is 1. The quantitative estimate of drug-likeness (QED) is 0.424. The van der Waals surface area contributed by atoms with Crippen LogP contribution in [-0.2, 0) is 4.74 Å². The summed E-state index contributed by atoms with van der Waals surface area (Å²) < 4.78 is 55.5. The molecule has 122 valence electrons. The molecule has 0 aromatic carbocycles. The summed E-state index contributed by atoms with van der Waals surface area (Å²) in [6.07, 6.45) is -8.54. The average Bonchev–Trinajstić information content (AvgIpc) is 2.24. The molecule has 1 aliphatic heterocycles. The van der Waals surface area contributed by atoms with Crippen molar-refractivity contribution in [3.63, 3.8) is 0 Å². The van der Waals surface area contributed by atoms with E-state index in [1.54, 1.807) is 20.8 Å². The summed E-state index contributed by atoms with van der Waals surface area (Å²) in [4.78, 5) is 22.8. The first-order valence-corrected chi connectivity index (χ1v) is 6.45. The fourth-order valence-corrected chi connectivity index (χ4v) is 2.08. The molecule has 5 nitrogen and oxygen atoms in total. The van der Waals surface area contributed by atoms with Crippen LogP contribution in [-0.4, -0.2) is 53.1 Å². The predicted octanol–water partition coefficient (Wildman–Crippen LogP) is 3.30. The van der Waals surface area contributed by atoms with Crippen molar-refractivity contribution in [3.8, 4) is 0 Å². The summed E-state index contributed by atoms with van der Waals surface area (Å²) >= 11 is 0. The van der Waals surface area contributed by atoms with Gasteiger partial charge in [0.25, 0.3) is 0 Å². The van der Waals surface area contributed by atoms with E-state index in [0.717, 1.165) is 0 Å². The second-order valence-corrected chi connectivity index (χ2v) is 5.79. The highest BCUT2D eigenvalue weighted by molar-refractivity contribution is 5.69. The number of ether oxygens (including phenoxy) is 1. The van der Waals surface area contributed by atoms with Crippen LogP contribution < -0.4 is 0 Å². The van der Waals surface area contributed by atoms with Crippen LogP contribution in [0.3, 0.4) is 0 Å². The molecule has 1 saturated heterocycles. The molecule has 0 saturated carbocycles. The number of hydrogen-bond donors (Lipinski definition) is 0. The summed E-state index contributed by atoms with van der Waals surface area (Å²) in [5.41, 5.74) is -0.707. The van der Waals surface area contributed by atoms with Crippen molar-refractivity contribution in [2.24, 2.45) is 0 Å². The van der Waals surface area contributed by atoms with Crippen LogP contribution in [0.4, 0.5) is 27.2 Å². The van der Waals surface area contributed by atoms with Gasteiger partial charge in [-0.1, -0.05) is 0 Å². The zero-order chi connectivity index (χ0) is 16.4. The molecule has 21 heavy (non-hydrogen) atoms. The van der Waals surface area contributed by atoms with Gasteiger partial charge in [0.1, 0.15) is 5.60 Å². The van der Waals surface area contributed by atoms with Gasteiger partial charge in [0.15, 0.2) is 0 Å². The Morgan fingerprint density at radius 1 is 1.14 bits per heavy atom. The van der Waals surface area contributed by atoms with E-state index in [1.165, 1.54) is 4.90 Å². The number of carbonyl (C=O) groups excluding carboxylic acids is 2. The second-order valence-electron chi connectivity index (χ2n) is 5.79. The summed E-state index contributed by atoms with van der Waals surface area (Å²) in [6.45, 7) is 4.96. The summed E-state index contributed by atoms with van der Waals surface area (Å²) in [5.74, 6) is 0. The van der Waals surface area contributed by atoms with Gasteiger partial charge in [-0.25, -0.2) is 14.5 Å². The Labute approximate surface area is 119 Å². The molecule has 0 N–H and O–H groups in total. The molecule has 0 unspecified atom stereocenters. The second kappa shape index (κ2) is 6.07. The van der Waals surface area contributed by atoms with E-state index >= 15 is 0 Å². The lowest BCUT2D eigenvalue weighted by Gasteiger charge is -2.37. The summed E-state index contributed by atoms with van der Waals surface area (Å²) in [6, 6.07) is -1.30. The monoisotopic (exact) mass is 314 g/mol. The Bertz CT molecular complexity index is 398. The molecule has 0 radical (unpaired) electrons. The number of piperidine rings is 1. The maximum absolute atomic E-state index is 12.6. The molecule has 0 atom stereocenters. The Morgan fingerprint density at radius 2 is 1.62 bits per heavy atom. The first-order chi connectivity index (χ1) is 9.42. The van der Waals surface area contributed by atoms with Gasteiger partial charge >= 0.3 is 18.6 Å². The molecule has 0 spiro atoms. The lowest BCUT2D eigenvalue weighted by Crippen LogP contribution is -2.53. The molecule has 1 rings (SSSR count). The Hall–Kier alpha value is -1.54. The van der Waals surface area contributed by atoms with E-state index in [-0.39, 0.29) is 25.9 Å². The summed E-state index contributed by atoms with van der Waals surface area (Å²) in [5, 5.41) is 0. The van der Waals surface area contributed by atoms with Crippen molar-refractivity contribution < 1.29 is 31.9 Å². The fourth-order valence-electron chi connectivity index (χ4n) is 2.08. The zero-order valence-corrected chi connectivity index (χ0v) is 12.0. The van der Waals surface area contributed by atoms with E-state index < -0.39 is 35.1 Å². The molecule has 0 aromatic heterocycles. The normalized spacial score (nSPS) is 17.6. The highest BCUT2D eigenvalue weighted by Gasteiger charge is 2.47. The number of amides is 2. The maximum Gasteiger partial charge on any atom is 0.489 e.